The number of hydrogen-bond donors (Lipinski definition) is 1. The van der Waals surface area contributed by atoms with E-state index in [9.17, 15) is 9.59 Å². The van der Waals surface area contributed by atoms with Crippen LogP contribution in [0.3, 0.4) is 0 Å². The van der Waals surface area contributed by atoms with Crippen molar-refractivity contribution in [2.75, 3.05) is 27.2 Å². The minimum atomic E-state index is -0.133. The van der Waals surface area contributed by atoms with Crippen LogP contribution in [0.1, 0.15) is 44.9 Å². The topological polar surface area (TPSA) is 65.8 Å². The van der Waals surface area contributed by atoms with Crippen molar-refractivity contribution in [1.29, 1.82) is 0 Å². The van der Waals surface area contributed by atoms with Gasteiger partial charge >= 0.3 is 0 Å². The van der Waals surface area contributed by atoms with Crippen molar-refractivity contribution in [3.63, 3.8) is 0 Å². The lowest BCUT2D eigenvalue weighted by atomic mass is 10.0. The van der Waals surface area contributed by atoms with Crippen molar-refractivity contribution >= 4 is 11.8 Å². The van der Waals surface area contributed by atoms with Crippen molar-refractivity contribution < 1.29 is 14.0 Å². The number of nitrogens with one attached hydrogen (secondary N) is 1. The van der Waals surface area contributed by atoms with E-state index in [1.165, 1.54) is 0 Å². The van der Waals surface area contributed by atoms with Gasteiger partial charge in [-0.25, -0.2) is 0 Å². The largest absolute Gasteiger partial charge is 0.459 e. The molecule has 1 aliphatic rings. The van der Waals surface area contributed by atoms with Crippen LogP contribution in [0.5, 0.6) is 0 Å². The Bertz CT molecular complexity index is 805. The molecular formula is C21H27N3O3. The Morgan fingerprint density at radius 2 is 1.96 bits per heavy atom. The van der Waals surface area contributed by atoms with E-state index in [0.29, 0.717) is 11.3 Å². The van der Waals surface area contributed by atoms with Crippen molar-refractivity contribution in [3.8, 4) is 0 Å². The highest BCUT2D eigenvalue weighted by Gasteiger charge is 2.23. The summed E-state index contributed by atoms with van der Waals surface area (Å²) >= 11 is 0. The number of furan rings is 1. The van der Waals surface area contributed by atoms with Gasteiger partial charge in [-0.3, -0.25) is 14.5 Å². The maximum Gasteiger partial charge on any atom is 0.287 e. The molecule has 6 nitrogen and oxygen atoms in total. The Hall–Kier alpha value is -2.60. The molecular weight excluding hydrogens is 342 g/mol. The molecule has 2 aromatic rings. The van der Waals surface area contributed by atoms with Gasteiger partial charge in [0.05, 0.1) is 6.26 Å². The average molecular weight is 369 g/mol. The van der Waals surface area contributed by atoms with Crippen LogP contribution in [-0.4, -0.2) is 54.8 Å². The van der Waals surface area contributed by atoms with Gasteiger partial charge in [0, 0.05) is 50.9 Å². The highest BCUT2D eigenvalue weighted by atomic mass is 16.3. The molecule has 0 atom stereocenters. The molecule has 0 unspecified atom stereocenters. The lowest BCUT2D eigenvalue weighted by Gasteiger charge is -2.32. The highest BCUT2D eigenvalue weighted by Crippen LogP contribution is 2.17. The lowest BCUT2D eigenvalue weighted by Crippen LogP contribution is -2.44. The number of carbonyl (C=O) groups is 2. The first-order valence-electron chi connectivity index (χ1n) is 9.32. The van der Waals surface area contributed by atoms with E-state index in [4.69, 9.17) is 4.42 Å². The number of aryl methyl sites for hydroxylation is 1. The summed E-state index contributed by atoms with van der Waals surface area (Å²) in [7, 11) is 3.52. The zero-order valence-corrected chi connectivity index (χ0v) is 16.2. The fraction of sp³-hybridized carbons (Fsp3) is 0.429. The normalized spacial score (nSPS) is 15.5. The Morgan fingerprint density at radius 1 is 1.22 bits per heavy atom. The average Bonchev–Trinajstić information content (AvgIpc) is 3.09. The molecule has 0 bridgehead atoms. The third kappa shape index (κ3) is 4.77. The number of amides is 2. The maximum atomic E-state index is 12.3. The number of rotatable bonds is 5. The van der Waals surface area contributed by atoms with E-state index in [-0.39, 0.29) is 17.9 Å². The highest BCUT2D eigenvalue weighted by molar-refractivity contribution is 5.94. The second-order valence-electron chi connectivity index (χ2n) is 7.36. The molecule has 3 rings (SSSR count). The standard InChI is InChI=1S/C21H27N3O3/c1-15-9-12-27-19(15)20(25)22-18-7-10-24(11-8-18)14-16-5-4-6-17(13-16)21(26)23(2)3/h4-6,9,12-13,18H,7-8,10-11,14H2,1-3H3,(H,22,25). The van der Waals surface area contributed by atoms with E-state index in [0.717, 1.165) is 43.6 Å². The van der Waals surface area contributed by atoms with Gasteiger partial charge < -0.3 is 14.6 Å². The van der Waals surface area contributed by atoms with Crippen molar-refractivity contribution in [2.45, 2.75) is 32.4 Å². The van der Waals surface area contributed by atoms with Gasteiger partial charge in [0.1, 0.15) is 0 Å². The number of likely N-dealkylation sites (tertiary alicyclic amines) is 1. The summed E-state index contributed by atoms with van der Waals surface area (Å²) < 4.78 is 5.26. The van der Waals surface area contributed by atoms with Crippen LogP contribution >= 0.6 is 0 Å². The van der Waals surface area contributed by atoms with E-state index in [1.807, 2.05) is 25.1 Å². The molecule has 2 heterocycles. The zero-order chi connectivity index (χ0) is 19.4. The molecule has 0 saturated carbocycles. The van der Waals surface area contributed by atoms with Crippen LogP contribution in [0.25, 0.3) is 0 Å². The summed E-state index contributed by atoms with van der Waals surface area (Å²) in [5, 5.41) is 3.07. The van der Waals surface area contributed by atoms with Crippen LogP contribution < -0.4 is 5.32 Å². The molecule has 1 fully saturated rings. The first kappa shape index (κ1) is 19.2. The Kier molecular flexibility index (Phi) is 5.96. The van der Waals surface area contributed by atoms with E-state index < -0.39 is 0 Å². The summed E-state index contributed by atoms with van der Waals surface area (Å²) in [5.74, 6) is 0.289. The maximum absolute atomic E-state index is 12.3. The van der Waals surface area contributed by atoms with Gasteiger partial charge in [0.25, 0.3) is 11.8 Å². The van der Waals surface area contributed by atoms with Crippen molar-refractivity contribution in [1.82, 2.24) is 15.1 Å². The summed E-state index contributed by atoms with van der Waals surface area (Å²) in [4.78, 5) is 28.3. The van der Waals surface area contributed by atoms with Crippen LogP contribution in [0.2, 0.25) is 0 Å². The SMILES string of the molecule is Cc1ccoc1C(=O)NC1CCN(Cc2cccc(C(=O)N(C)C)c2)CC1. The predicted molar refractivity (Wildman–Crippen MR) is 104 cm³/mol. The number of benzene rings is 1. The first-order valence-corrected chi connectivity index (χ1v) is 9.32. The molecule has 6 heteroatoms. The predicted octanol–water partition coefficient (Wildman–Crippen LogP) is 2.68. The fourth-order valence-corrected chi connectivity index (χ4v) is 3.41. The van der Waals surface area contributed by atoms with E-state index in [1.54, 1.807) is 31.3 Å². The quantitative estimate of drug-likeness (QED) is 0.880. The molecule has 144 valence electrons. The van der Waals surface area contributed by atoms with Gasteiger partial charge in [-0.15, -0.1) is 0 Å². The molecule has 1 saturated heterocycles. The molecule has 0 spiro atoms. The second kappa shape index (κ2) is 8.39. The van der Waals surface area contributed by atoms with Gasteiger partial charge in [-0.05, 0) is 43.5 Å². The summed E-state index contributed by atoms with van der Waals surface area (Å²) in [6.45, 7) is 4.50. The van der Waals surface area contributed by atoms with Crippen LogP contribution in [0.4, 0.5) is 0 Å². The van der Waals surface area contributed by atoms with E-state index >= 15 is 0 Å². The third-order valence-corrected chi connectivity index (χ3v) is 4.98. The lowest BCUT2D eigenvalue weighted by molar-refractivity contribution is 0.0827. The molecule has 1 aliphatic heterocycles. The second-order valence-corrected chi connectivity index (χ2v) is 7.36. The number of piperidine rings is 1. The molecule has 0 radical (unpaired) electrons. The third-order valence-electron chi connectivity index (χ3n) is 4.98. The molecule has 1 aromatic carbocycles. The number of hydrogen-bond acceptors (Lipinski definition) is 4. The number of carbonyl (C=O) groups excluding carboxylic acids is 2. The molecule has 0 aliphatic carbocycles. The Morgan fingerprint density at radius 3 is 2.59 bits per heavy atom. The molecule has 1 N–H and O–H groups in total. The van der Waals surface area contributed by atoms with Gasteiger partial charge in [-0.2, -0.15) is 0 Å². The monoisotopic (exact) mass is 369 g/mol. The van der Waals surface area contributed by atoms with Crippen LogP contribution in [0.15, 0.2) is 41.0 Å². The summed E-state index contributed by atoms with van der Waals surface area (Å²) in [5.41, 5.74) is 2.71. The Labute approximate surface area is 160 Å². The van der Waals surface area contributed by atoms with Crippen LogP contribution in [0, 0.1) is 6.92 Å². The van der Waals surface area contributed by atoms with E-state index in [2.05, 4.69) is 16.3 Å². The van der Waals surface area contributed by atoms with Crippen molar-refractivity contribution in [3.05, 3.63) is 59.0 Å². The smallest absolute Gasteiger partial charge is 0.287 e. The zero-order valence-electron chi connectivity index (χ0n) is 16.2. The minimum Gasteiger partial charge on any atom is -0.459 e. The van der Waals surface area contributed by atoms with Crippen LogP contribution in [-0.2, 0) is 6.54 Å². The Balaban J connectivity index is 1.51. The van der Waals surface area contributed by atoms with Gasteiger partial charge in [0.2, 0.25) is 0 Å². The minimum absolute atomic E-state index is 0.0199. The van der Waals surface area contributed by atoms with Crippen molar-refractivity contribution in [2.24, 2.45) is 0 Å². The summed E-state index contributed by atoms with van der Waals surface area (Å²) in [6, 6.07) is 9.78. The van der Waals surface area contributed by atoms with Gasteiger partial charge in [0.15, 0.2) is 5.76 Å². The first-order chi connectivity index (χ1) is 12.9. The van der Waals surface area contributed by atoms with Gasteiger partial charge in [-0.1, -0.05) is 12.1 Å². The molecule has 2 amide bonds. The fourth-order valence-electron chi connectivity index (χ4n) is 3.41. The molecule has 27 heavy (non-hydrogen) atoms. The molecule has 1 aromatic heterocycles. The number of nitrogens with zero attached hydrogens (tertiary/aromatic N) is 2. The summed E-state index contributed by atoms with van der Waals surface area (Å²) in [6.07, 6.45) is 3.35.